The van der Waals surface area contributed by atoms with Gasteiger partial charge in [-0.25, -0.2) is 0 Å². The van der Waals surface area contributed by atoms with Crippen LogP contribution in [0.15, 0.2) is 48.5 Å². The van der Waals surface area contributed by atoms with Gasteiger partial charge < -0.3 is 10.2 Å². The van der Waals surface area contributed by atoms with E-state index in [4.69, 9.17) is 0 Å². The second kappa shape index (κ2) is 8.60. The Kier molecular flexibility index (Phi) is 5.76. The summed E-state index contributed by atoms with van der Waals surface area (Å²) < 4.78 is 0. The molecule has 0 radical (unpaired) electrons. The Bertz CT molecular complexity index is 760. The summed E-state index contributed by atoms with van der Waals surface area (Å²) in [6.07, 6.45) is 9.71. The molecule has 0 aromatic heterocycles. The lowest BCUT2D eigenvalue weighted by Crippen LogP contribution is -2.34. The maximum Gasteiger partial charge on any atom is 0.251 e. The van der Waals surface area contributed by atoms with Crippen molar-refractivity contribution in [2.75, 3.05) is 11.4 Å². The Labute approximate surface area is 162 Å². The van der Waals surface area contributed by atoms with Gasteiger partial charge >= 0.3 is 0 Å². The van der Waals surface area contributed by atoms with E-state index < -0.39 is 0 Å². The molecule has 1 aliphatic heterocycles. The van der Waals surface area contributed by atoms with E-state index in [1.807, 2.05) is 12.1 Å². The van der Waals surface area contributed by atoms with E-state index in [0.29, 0.717) is 6.04 Å². The van der Waals surface area contributed by atoms with E-state index in [0.717, 1.165) is 31.5 Å². The van der Waals surface area contributed by atoms with Gasteiger partial charge in [-0.05, 0) is 55.0 Å². The number of benzene rings is 2. The lowest BCUT2D eigenvalue weighted by Gasteiger charge is -2.31. The van der Waals surface area contributed by atoms with E-state index >= 15 is 0 Å². The SMILES string of the molecule is O=C(NC1CCCCCC1)c1ccc(CN2CCCc3ccccc32)cc1. The van der Waals surface area contributed by atoms with Crippen LogP contribution in [0.2, 0.25) is 0 Å². The highest BCUT2D eigenvalue weighted by Crippen LogP contribution is 2.28. The molecule has 3 nitrogen and oxygen atoms in total. The largest absolute Gasteiger partial charge is 0.367 e. The molecular weight excluding hydrogens is 332 g/mol. The summed E-state index contributed by atoms with van der Waals surface area (Å²) in [5, 5.41) is 3.24. The first-order chi connectivity index (χ1) is 13.3. The molecule has 0 unspecified atom stereocenters. The number of nitrogens with zero attached hydrogens (tertiary/aromatic N) is 1. The number of aryl methyl sites for hydroxylation is 1. The fraction of sp³-hybridized carbons (Fsp3) is 0.458. The summed E-state index contributed by atoms with van der Waals surface area (Å²) in [5.41, 5.74) is 4.85. The highest BCUT2D eigenvalue weighted by Gasteiger charge is 2.18. The fourth-order valence-corrected chi connectivity index (χ4v) is 4.45. The molecule has 142 valence electrons. The van der Waals surface area contributed by atoms with Crippen molar-refractivity contribution in [3.8, 4) is 0 Å². The Morgan fingerprint density at radius 1 is 0.926 bits per heavy atom. The maximum atomic E-state index is 12.6. The minimum atomic E-state index is 0.0803. The van der Waals surface area contributed by atoms with Crippen molar-refractivity contribution in [3.63, 3.8) is 0 Å². The lowest BCUT2D eigenvalue weighted by atomic mass is 10.0. The molecule has 0 saturated heterocycles. The molecule has 0 bridgehead atoms. The molecule has 2 aromatic rings. The molecule has 27 heavy (non-hydrogen) atoms. The summed E-state index contributed by atoms with van der Waals surface area (Å²) in [6.45, 7) is 2.00. The molecule has 4 rings (SSSR count). The van der Waals surface area contributed by atoms with Crippen molar-refractivity contribution in [1.82, 2.24) is 5.32 Å². The van der Waals surface area contributed by atoms with Crippen molar-refractivity contribution >= 4 is 11.6 Å². The molecule has 1 heterocycles. The van der Waals surface area contributed by atoms with Crippen LogP contribution in [0, 0.1) is 0 Å². The number of fused-ring (bicyclic) bond motifs is 1. The number of amides is 1. The van der Waals surface area contributed by atoms with Gasteiger partial charge in [-0.1, -0.05) is 56.0 Å². The molecule has 1 fully saturated rings. The molecule has 2 aliphatic rings. The van der Waals surface area contributed by atoms with E-state index in [2.05, 4.69) is 46.6 Å². The van der Waals surface area contributed by atoms with Gasteiger partial charge in [0.2, 0.25) is 0 Å². The fourth-order valence-electron chi connectivity index (χ4n) is 4.45. The van der Waals surface area contributed by atoms with Crippen LogP contribution >= 0.6 is 0 Å². The highest BCUT2D eigenvalue weighted by molar-refractivity contribution is 5.94. The molecule has 0 atom stereocenters. The molecular formula is C24H30N2O. The number of rotatable bonds is 4. The second-order valence-corrected chi connectivity index (χ2v) is 8.01. The van der Waals surface area contributed by atoms with Gasteiger partial charge in [-0.3, -0.25) is 4.79 Å². The number of nitrogens with one attached hydrogen (secondary N) is 1. The molecule has 0 spiro atoms. The normalized spacial score (nSPS) is 17.9. The highest BCUT2D eigenvalue weighted by atomic mass is 16.1. The van der Waals surface area contributed by atoms with Gasteiger partial charge in [0.1, 0.15) is 0 Å². The molecule has 2 aromatic carbocycles. The third-order valence-corrected chi connectivity index (χ3v) is 5.99. The van der Waals surface area contributed by atoms with Gasteiger partial charge in [0, 0.05) is 30.4 Å². The third-order valence-electron chi connectivity index (χ3n) is 5.99. The van der Waals surface area contributed by atoms with Crippen LogP contribution in [-0.4, -0.2) is 18.5 Å². The molecule has 3 heteroatoms. The molecule has 1 amide bonds. The Hall–Kier alpha value is -2.29. The maximum absolute atomic E-state index is 12.6. The van der Waals surface area contributed by atoms with E-state index in [9.17, 15) is 4.79 Å². The van der Waals surface area contributed by atoms with Crippen molar-refractivity contribution in [2.24, 2.45) is 0 Å². The van der Waals surface area contributed by atoms with Gasteiger partial charge in [0.05, 0.1) is 0 Å². The summed E-state index contributed by atoms with van der Waals surface area (Å²) in [7, 11) is 0. The topological polar surface area (TPSA) is 32.3 Å². The van der Waals surface area contributed by atoms with E-state index in [1.165, 1.54) is 55.3 Å². The number of para-hydroxylation sites is 1. The van der Waals surface area contributed by atoms with Crippen LogP contribution in [0.1, 0.15) is 66.4 Å². The van der Waals surface area contributed by atoms with Crippen molar-refractivity contribution in [3.05, 3.63) is 65.2 Å². The van der Waals surface area contributed by atoms with Gasteiger partial charge in [-0.2, -0.15) is 0 Å². The Balaban J connectivity index is 1.38. The zero-order valence-corrected chi connectivity index (χ0v) is 16.1. The van der Waals surface area contributed by atoms with Crippen LogP contribution in [0.5, 0.6) is 0 Å². The first-order valence-corrected chi connectivity index (χ1v) is 10.5. The van der Waals surface area contributed by atoms with Crippen LogP contribution in [0.3, 0.4) is 0 Å². The Morgan fingerprint density at radius 3 is 2.44 bits per heavy atom. The van der Waals surface area contributed by atoms with Crippen LogP contribution < -0.4 is 10.2 Å². The number of hydrogen-bond acceptors (Lipinski definition) is 2. The minimum absolute atomic E-state index is 0.0803. The molecule has 1 N–H and O–H groups in total. The Morgan fingerprint density at radius 2 is 1.67 bits per heavy atom. The predicted molar refractivity (Wildman–Crippen MR) is 111 cm³/mol. The minimum Gasteiger partial charge on any atom is -0.367 e. The standard InChI is InChI=1S/C24H30N2O/c27-24(25-22-10-3-1-2-4-11-22)21-15-13-19(14-16-21)18-26-17-7-9-20-8-5-6-12-23(20)26/h5-6,8,12-16,22H,1-4,7,9-11,17-18H2,(H,25,27). The summed E-state index contributed by atoms with van der Waals surface area (Å²) in [6, 6.07) is 17.3. The van der Waals surface area contributed by atoms with E-state index in [1.54, 1.807) is 0 Å². The monoisotopic (exact) mass is 362 g/mol. The summed E-state index contributed by atoms with van der Waals surface area (Å²) in [5.74, 6) is 0.0803. The van der Waals surface area contributed by atoms with Crippen molar-refractivity contribution < 1.29 is 4.79 Å². The number of hydrogen-bond donors (Lipinski definition) is 1. The van der Waals surface area contributed by atoms with Gasteiger partial charge in [0.25, 0.3) is 5.91 Å². The average Bonchev–Trinajstić information content (AvgIpc) is 2.97. The zero-order chi connectivity index (χ0) is 18.5. The number of anilines is 1. The van der Waals surface area contributed by atoms with Crippen LogP contribution in [0.4, 0.5) is 5.69 Å². The first-order valence-electron chi connectivity index (χ1n) is 10.5. The second-order valence-electron chi connectivity index (χ2n) is 8.01. The zero-order valence-electron chi connectivity index (χ0n) is 16.1. The third kappa shape index (κ3) is 4.52. The lowest BCUT2D eigenvalue weighted by molar-refractivity contribution is 0.0933. The number of carbonyl (C=O) groups is 1. The van der Waals surface area contributed by atoms with Crippen molar-refractivity contribution in [1.29, 1.82) is 0 Å². The summed E-state index contributed by atoms with van der Waals surface area (Å²) >= 11 is 0. The van der Waals surface area contributed by atoms with Gasteiger partial charge in [0.15, 0.2) is 0 Å². The quantitative estimate of drug-likeness (QED) is 0.768. The van der Waals surface area contributed by atoms with Crippen molar-refractivity contribution in [2.45, 2.75) is 64.0 Å². The first kappa shape index (κ1) is 18.1. The van der Waals surface area contributed by atoms with Gasteiger partial charge in [-0.15, -0.1) is 0 Å². The van der Waals surface area contributed by atoms with Crippen LogP contribution in [0.25, 0.3) is 0 Å². The van der Waals surface area contributed by atoms with Crippen LogP contribution in [-0.2, 0) is 13.0 Å². The molecule has 1 saturated carbocycles. The number of carbonyl (C=O) groups excluding carboxylic acids is 1. The van der Waals surface area contributed by atoms with E-state index in [-0.39, 0.29) is 5.91 Å². The molecule has 1 aliphatic carbocycles. The average molecular weight is 363 g/mol. The predicted octanol–water partition coefficient (Wildman–Crippen LogP) is 5.09. The summed E-state index contributed by atoms with van der Waals surface area (Å²) in [4.78, 5) is 15.0. The smallest absolute Gasteiger partial charge is 0.251 e.